The minimum atomic E-state index is -0.603. The lowest BCUT2D eigenvalue weighted by Gasteiger charge is -2.02. The van der Waals surface area contributed by atoms with Crippen LogP contribution in [0.1, 0.15) is 10.5 Å². The fourth-order valence-electron chi connectivity index (χ4n) is 1.20. The van der Waals surface area contributed by atoms with Crippen molar-refractivity contribution < 1.29 is 4.79 Å². The molecule has 0 saturated heterocycles. The monoisotopic (exact) mass is 237 g/mol. The van der Waals surface area contributed by atoms with Gasteiger partial charge in [-0.15, -0.1) is 0 Å². The van der Waals surface area contributed by atoms with Gasteiger partial charge in [0.25, 0.3) is 5.91 Å². The lowest BCUT2D eigenvalue weighted by molar-refractivity contribution is 0.0995. The average molecular weight is 238 g/mol. The maximum atomic E-state index is 10.9. The molecule has 2 aromatic heterocycles. The van der Waals surface area contributed by atoms with Gasteiger partial charge in [-0.3, -0.25) is 4.79 Å². The van der Waals surface area contributed by atoms with E-state index in [0.29, 0.717) is 11.5 Å². The maximum absolute atomic E-state index is 10.9. The number of carbonyl (C=O) groups excluding carboxylic acids is 1. The summed E-state index contributed by atoms with van der Waals surface area (Å²) in [6.45, 7) is 0. The number of nitrogen functional groups attached to an aromatic ring is 1. The molecule has 2 rings (SSSR count). The Labute approximate surface area is 95.8 Å². The highest BCUT2D eigenvalue weighted by Gasteiger charge is 2.07. The van der Waals surface area contributed by atoms with E-state index in [-0.39, 0.29) is 10.8 Å². The molecule has 7 heteroatoms. The molecule has 0 saturated carbocycles. The van der Waals surface area contributed by atoms with Crippen LogP contribution in [0.3, 0.4) is 0 Å². The molecule has 0 aromatic carbocycles. The SMILES string of the molecule is NC(=O)c1ccn(-c2cc(N)cc(Cl)n2)n1. The Kier molecular flexibility index (Phi) is 2.49. The molecule has 0 atom stereocenters. The summed E-state index contributed by atoms with van der Waals surface area (Å²) >= 11 is 5.75. The van der Waals surface area contributed by atoms with Gasteiger partial charge >= 0.3 is 0 Å². The van der Waals surface area contributed by atoms with Gasteiger partial charge in [0.2, 0.25) is 0 Å². The van der Waals surface area contributed by atoms with Gasteiger partial charge in [0.1, 0.15) is 10.8 Å². The zero-order valence-electron chi connectivity index (χ0n) is 8.09. The van der Waals surface area contributed by atoms with E-state index >= 15 is 0 Å². The maximum Gasteiger partial charge on any atom is 0.269 e. The van der Waals surface area contributed by atoms with Crippen LogP contribution in [0, 0.1) is 0 Å². The first-order chi connectivity index (χ1) is 7.56. The third-order valence-electron chi connectivity index (χ3n) is 1.88. The zero-order chi connectivity index (χ0) is 11.7. The summed E-state index contributed by atoms with van der Waals surface area (Å²) in [7, 11) is 0. The van der Waals surface area contributed by atoms with E-state index in [1.54, 1.807) is 12.3 Å². The number of halogens is 1. The Morgan fingerprint density at radius 3 is 2.75 bits per heavy atom. The van der Waals surface area contributed by atoms with Crippen LogP contribution in [0.5, 0.6) is 0 Å². The molecule has 0 spiro atoms. The molecular formula is C9H8ClN5O. The first-order valence-electron chi connectivity index (χ1n) is 4.35. The molecule has 4 N–H and O–H groups in total. The van der Waals surface area contributed by atoms with Gasteiger partial charge in [-0.1, -0.05) is 11.6 Å². The van der Waals surface area contributed by atoms with Gasteiger partial charge in [-0.25, -0.2) is 9.67 Å². The number of primary amides is 1. The Bertz CT molecular complexity index is 530. The number of pyridine rings is 1. The van der Waals surface area contributed by atoms with Gasteiger partial charge in [-0.05, 0) is 12.1 Å². The number of rotatable bonds is 2. The minimum Gasteiger partial charge on any atom is -0.399 e. The van der Waals surface area contributed by atoms with Crippen molar-refractivity contribution in [2.75, 3.05) is 5.73 Å². The molecule has 0 aliphatic carbocycles. The predicted molar refractivity (Wildman–Crippen MR) is 59.3 cm³/mol. The number of nitrogens with zero attached hydrogens (tertiary/aromatic N) is 3. The standard InChI is InChI=1S/C9H8ClN5O/c10-7-3-5(11)4-8(13-7)15-2-1-6(14-15)9(12)16/h1-4H,(H2,11,13)(H2,12,16). The minimum absolute atomic E-state index is 0.153. The second-order valence-corrected chi connectivity index (χ2v) is 3.48. The number of amides is 1. The van der Waals surface area contributed by atoms with Crippen molar-refractivity contribution >= 4 is 23.2 Å². The number of carbonyl (C=O) groups is 1. The first kappa shape index (κ1) is 10.4. The van der Waals surface area contributed by atoms with Crippen LogP contribution in [0.15, 0.2) is 24.4 Å². The van der Waals surface area contributed by atoms with Gasteiger partial charge < -0.3 is 11.5 Å². The van der Waals surface area contributed by atoms with E-state index in [9.17, 15) is 4.79 Å². The second-order valence-electron chi connectivity index (χ2n) is 3.09. The van der Waals surface area contributed by atoms with Gasteiger partial charge in [0.15, 0.2) is 5.82 Å². The Morgan fingerprint density at radius 1 is 1.44 bits per heavy atom. The number of anilines is 1. The van der Waals surface area contributed by atoms with Crippen molar-refractivity contribution in [1.29, 1.82) is 0 Å². The Hall–Kier alpha value is -2.08. The van der Waals surface area contributed by atoms with E-state index < -0.39 is 5.91 Å². The first-order valence-corrected chi connectivity index (χ1v) is 4.73. The van der Waals surface area contributed by atoms with Crippen molar-refractivity contribution in [3.63, 3.8) is 0 Å². The molecule has 6 nitrogen and oxygen atoms in total. The van der Waals surface area contributed by atoms with E-state index in [4.69, 9.17) is 23.1 Å². The van der Waals surface area contributed by atoms with Crippen molar-refractivity contribution in [2.45, 2.75) is 0 Å². The van der Waals surface area contributed by atoms with Crippen LogP contribution in [-0.4, -0.2) is 20.7 Å². The van der Waals surface area contributed by atoms with Crippen LogP contribution in [0.4, 0.5) is 5.69 Å². The number of hydrogen-bond acceptors (Lipinski definition) is 4. The van der Waals surface area contributed by atoms with E-state index in [2.05, 4.69) is 10.1 Å². The third-order valence-corrected chi connectivity index (χ3v) is 2.07. The fraction of sp³-hybridized carbons (Fsp3) is 0. The molecule has 0 unspecified atom stereocenters. The van der Waals surface area contributed by atoms with E-state index in [1.807, 2.05) is 0 Å². The van der Waals surface area contributed by atoms with Gasteiger partial charge in [-0.2, -0.15) is 5.10 Å². The number of hydrogen-bond donors (Lipinski definition) is 2. The van der Waals surface area contributed by atoms with Crippen LogP contribution in [-0.2, 0) is 0 Å². The summed E-state index contributed by atoms with van der Waals surface area (Å²) in [5.41, 5.74) is 11.3. The third kappa shape index (κ3) is 1.96. The molecule has 1 amide bonds. The highest BCUT2D eigenvalue weighted by molar-refractivity contribution is 6.29. The molecule has 82 valence electrons. The molecule has 0 aliphatic rings. The molecule has 0 fully saturated rings. The van der Waals surface area contributed by atoms with Gasteiger partial charge in [0, 0.05) is 18.0 Å². The van der Waals surface area contributed by atoms with Crippen molar-refractivity contribution in [3.05, 3.63) is 35.2 Å². The fourth-order valence-corrected chi connectivity index (χ4v) is 1.42. The molecule has 2 aromatic rings. The van der Waals surface area contributed by atoms with Gasteiger partial charge in [0.05, 0.1) is 0 Å². The second kappa shape index (κ2) is 3.82. The van der Waals surface area contributed by atoms with Crippen LogP contribution in [0.2, 0.25) is 5.15 Å². The van der Waals surface area contributed by atoms with Crippen molar-refractivity contribution in [1.82, 2.24) is 14.8 Å². The molecule has 2 heterocycles. The summed E-state index contributed by atoms with van der Waals surface area (Å²) in [4.78, 5) is 14.9. The normalized spacial score (nSPS) is 10.3. The molecule has 16 heavy (non-hydrogen) atoms. The highest BCUT2D eigenvalue weighted by atomic mass is 35.5. The lowest BCUT2D eigenvalue weighted by atomic mass is 10.4. The van der Waals surface area contributed by atoms with Crippen LogP contribution < -0.4 is 11.5 Å². The molecule has 0 bridgehead atoms. The molecule has 0 radical (unpaired) electrons. The quantitative estimate of drug-likeness (QED) is 0.747. The summed E-state index contributed by atoms with van der Waals surface area (Å²) in [6, 6.07) is 4.59. The Balaban J connectivity index is 2.46. The van der Waals surface area contributed by atoms with E-state index in [1.165, 1.54) is 16.8 Å². The van der Waals surface area contributed by atoms with E-state index in [0.717, 1.165) is 0 Å². The molecule has 0 aliphatic heterocycles. The molecular weight excluding hydrogens is 230 g/mol. The summed E-state index contributed by atoms with van der Waals surface area (Å²) in [5, 5.41) is 4.18. The average Bonchev–Trinajstić information content (AvgIpc) is 2.64. The summed E-state index contributed by atoms with van der Waals surface area (Å²) < 4.78 is 1.38. The predicted octanol–water partition coefficient (Wildman–Crippen LogP) is 0.602. The van der Waals surface area contributed by atoms with Crippen LogP contribution in [0.25, 0.3) is 5.82 Å². The number of nitrogens with two attached hydrogens (primary N) is 2. The van der Waals surface area contributed by atoms with Crippen LogP contribution >= 0.6 is 11.6 Å². The highest BCUT2D eigenvalue weighted by Crippen LogP contribution is 2.15. The zero-order valence-corrected chi connectivity index (χ0v) is 8.85. The summed E-state index contributed by atoms with van der Waals surface area (Å²) in [5.74, 6) is -0.175. The smallest absolute Gasteiger partial charge is 0.269 e. The van der Waals surface area contributed by atoms with Crippen molar-refractivity contribution in [2.24, 2.45) is 5.73 Å². The lowest BCUT2D eigenvalue weighted by Crippen LogP contribution is -2.12. The van der Waals surface area contributed by atoms with Crippen molar-refractivity contribution in [3.8, 4) is 5.82 Å². The topological polar surface area (TPSA) is 99.8 Å². The summed E-state index contributed by atoms with van der Waals surface area (Å²) in [6.07, 6.45) is 1.55. The largest absolute Gasteiger partial charge is 0.399 e. The number of aromatic nitrogens is 3. The Morgan fingerprint density at radius 2 is 2.19 bits per heavy atom.